The summed E-state index contributed by atoms with van der Waals surface area (Å²) in [5.41, 5.74) is 0.381. The van der Waals surface area contributed by atoms with Gasteiger partial charge in [0.25, 0.3) is 5.91 Å². The normalized spacial score (nSPS) is 11.7. The van der Waals surface area contributed by atoms with Gasteiger partial charge in [-0.1, -0.05) is 6.92 Å². The average Bonchev–Trinajstić information content (AvgIpc) is 2.50. The van der Waals surface area contributed by atoms with Crippen LogP contribution in [0.25, 0.3) is 0 Å². The molecule has 0 aromatic heterocycles. The van der Waals surface area contributed by atoms with Crippen LogP contribution in [0, 0.1) is 0 Å². The molecule has 0 aliphatic carbocycles. The van der Waals surface area contributed by atoms with Gasteiger partial charge in [0, 0.05) is 5.56 Å². The molecule has 0 heterocycles. The lowest BCUT2D eigenvalue weighted by atomic mass is 10.1. The summed E-state index contributed by atoms with van der Waals surface area (Å²) in [6, 6.07) is 2.86. The third kappa shape index (κ3) is 3.54. The Bertz CT molecular complexity index is 432. The molecular weight excluding hydrogens is 262 g/mol. The van der Waals surface area contributed by atoms with Crippen LogP contribution in [0.1, 0.15) is 23.7 Å². The van der Waals surface area contributed by atoms with Gasteiger partial charge in [0.2, 0.25) is 5.75 Å². The van der Waals surface area contributed by atoms with Crippen molar-refractivity contribution in [2.45, 2.75) is 19.4 Å². The first-order chi connectivity index (χ1) is 9.60. The molecule has 112 valence electrons. The Labute approximate surface area is 118 Å². The largest absolute Gasteiger partial charge is 0.493 e. The quantitative estimate of drug-likeness (QED) is 0.786. The predicted molar refractivity (Wildman–Crippen MR) is 74.7 cm³/mol. The van der Waals surface area contributed by atoms with E-state index in [0.29, 0.717) is 29.2 Å². The SMILES string of the molecule is CC[C@@H](CO)NC(=O)c1cc(OC)c(OC)c(OC)c1. The number of rotatable bonds is 7. The van der Waals surface area contributed by atoms with Crippen LogP contribution in [0.15, 0.2) is 12.1 Å². The van der Waals surface area contributed by atoms with Gasteiger partial charge >= 0.3 is 0 Å². The third-order valence-corrected chi connectivity index (χ3v) is 2.98. The summed E-state index contributed by atoms with van der Waals surface area (Å²) in [5.74, 6) is 0.953. The van der Waals surface area contributed by atoms with E-state index in [1.807, 2.05) is 6.92 Å². The molecule has 0 aliphatic rings. The highest BCUT2D eigenvalue weighted by Gasteiger charge is 2.18. The van der Waals surface area contributed by atoms with Crippen molar-refractivity contribution < 1.29 is 24.1 Å². The van der Waals surface area contributed by atoms with Crippen molar-refractivity contribution in [1.29, 1.82) is 0 Å². The lowest BCUT2D eigenvalue weighted by molar-refractivity contribution is 0.0914. The van der Waals surface area contributed by atoms with Crippen molar-refractivity contribution >= 4 is 5.91 Å². The second kappa shape index (κ2) is 7.59. The molecule has 0 fully saturated rings. The molecule has 0 radical (unpaired) electrons. The van der Waals surface area contributed by atoms with Gasteiger partial charge in [0.1, 0.15) is 0 Å². The zero-order valence-corrected chi connectivity index (χ0v) is 12.2. The standard InChI is InChI=1S/C14H21NO5/c1-5-10(8-16)15-14(17)9-6-11(18-2)13(20-4)12(7-9)19-3/h6-7,10,16H,5,8H2,1-4H3,(H,15,17)/t10-/m0/s1. The van der Waals surface area contributed by atoms with Crippen LogP contribution < -0.4 is 19.5 Å². The van der Waals surface area contributed by atoms with E-state index in [1.54, 1.807) is 12.1 Å². The molecule has 6 nitrogen and oxygen atoms in total. The van der Waals surface area contributed by atoms with Crippen molar-refractivity contribution in [3.8, 4) is 17.2 Å². The van der Waals surface area contributed by atoms with E-state index >= 15 is 0 Å². The molecule has 0 aliphatic heterocycles. The molecule has 2 N–H and O–H groups in total. The summed E-state index contributed by atoms with van der Waals surface area (Å²) in [4.78, 5) is 12.1. The van der Waals surface area contributed by atoms with Crippen molar-refractivity contribution in [2.24, 2.45) is 0 Å². The molecule has 20 heavy (non-hydrogen) atoms. The van der Waals surface area contributed by atoms with Crippen LogP contribution in [0.3, 0.4) is 0 Å². The minimum Gasteiger partial charge on any atom is -0.493 e. The molecule has 0 bridgehead atoms. The fraction of sp³-hybridized carbons (Fsp3) is 0.500. The number of nitrogens with one attached hydrogen (secondary N) is 1. The Balaban J connectivity index is 3.09. The van der Waals surface area contributed by atoms with Gasteiger partial charge < -0.3 is 24.6 Å². The van der Waals surface area contributed by atoms with Crippen molar-refractivity contribution in [3.63, 3.8) is 0 Å². The molecule has 6 heteroatoms. The summed E-state index contributed by atoms with van der Waals surface area (Å²) in [6.45, 7) is 1.78. The van der Waals surface area contributed by atoms with Gasteiger partial charge in [-0.15, -0.1) is 0 Å². The topological polar surface area (TPSA) is 77.0 Å². The van der Waals surface area contributed by atoms with Crippen LogP contribution in [0.5, 0.6) is 17.2 Å². The van der Waals surface area contributed by atoms with E-state index in [9.17, 15) is 4.79 Å². The Morgan fingerprint density at radius 2 is 1.75 bits per heavy atom. The second-order valence-electron chi connectivity index (χ2n) is 4.18. The number of carbonyl (C=O) groups excluding carboxylic acids is 1. The van der Waals surface area contributed by atoms with Crippen LogP contribution >= 0.6 is 0 Å². The number of methoxy groups -OCH3 is 3. The summed E-state index contributed by atoms with van der Waals surface area (Å²) < 4.78 is 15.6. The van der Waals surface area contributed by atoms with Crippen LogP contribution in [0.4, 0.5) is 0 Å². The minimum atomic E-state index is -0.301. The number of aliphatic hydroxyl groups is 1. The van der Waals surface area contributed by atoms with E-state index in [-0.39, 0.29) is 18.6 Å². The molecule has 1 aromatic carbocycles. The molecule has 0 saturated heterocycles. The smallest absolute Gasteiger partial charge is 0.251 e. The first kappa shape index (κ1) is 16.1. The van der Waals surface area contributed by atoms with Gasteiger partial charge in [0.05, 0.1) is 34.0 Å². The molecule has 1 amide bonds. The van der Waals surface area contributed by atoms with Crippen LogP contribution in [0.2, 0.25) is 0 Å². The zero-order valence-electron chi connectivity index (χ0n) is 12.2. The monoisotopic (exact) mass is 283 g/mol. The number of carbonyl (C=O) groups is 1. The van der Waals surface area contributed by atoms with Gasteiger partial charge in [-0.05, 0) is 18.6 Å². The third-order valence-electron chi connectivity index (χ3n) is 2.98. The van der Waals surface area contributed by atoms with E-state index in [4.69, 9.17) is 19.3 Å². The highest BCUT2D eigenvalue weighted by molar-refractivity contribution is 5.95. The number of benzene rings is 1. The molecular formula is C14H21NO5. The molecule has 1 aromatic rings. The first-order valence-corrected chi connectivity index (χ1v) is 6.32. The Hall–Kier alpha value is -1.95. The summed E-state index contributed by atoms with van der Waals surface area (Å²) >= 11 is 0. The Morgan fingerprint density at radius 1 is 1.20 bits per heavy atom. The summed E-state index contributed by atoms with van der Waals surface area (Å²) in [6.07, 6.45) is 0.646. The minimum absolute atomic E-state index is 0.104. The van der Waals surface area contributed by atoms with Crippen molar-refractivity contribution in [3.05, 3.63) is 17.7 Å². The maximum Gasteiger partial charge on any atom is 0.251 e. The highest BCUT2D eigenvalue weighted by Crippen LogP contribution is 2.38. The average molecular weight is 283 g/mol. The Morgan fingerprint density at radius 3 is 2.10 bits per heavy atom. The predicted octanol–water partition coefficient (Wildman–Crippen LogP) is 1.21. The lowest BCUT2D eigenvalue weighted by Gasteiger charge is -2.16. The van der Waals surface area contributed by atoms with Crippen molar-refractivity contribution in [2.75, 3.05) is 27.9 Å². The molecule has 0 spiro atoms. The first-order valence-electron chi connectivity index (χ1n) is 6.32. The van der Waals surface area contributed by atoms with Gasteiger partial charge in [-0.2, -0.15) is 0 Å². The fourth-order valence-electron chi connectivity index (χ4n) is 1.76. The number of aliphatic hydroxyl groups excluding tert-OH is 1. The summed E-state index contributed by atoms with van der Waals surface area (Å²) in [5, 5.41) is 11.9. The Kier molecular flexibility index (Phi) is 6.11. The lowest BCUT2D eigenvalue weighted by Crippen LogP contribution is -2.36. The van der Waals surface area contributed by atoms with Gasteiger partial charge in [-0.3, -0.25) is 4.79 Å². The number of amides is 1. The van der Waals surface area contributed by atoms with Gasteiger partial charge in [0.15, 0.2) is 11.5 Å². The molecule has 0 saturated carbocycles. The van der Waals surface area contributed by atoms with E-state index in [1.165, 1.54) is 21.3 Å². The number of hydrogen-bond donors (Lipinski definition) is 2. The van der Waals surface area contributed by atoms with E-state index in [0.717, 1.165) is 0 Å². The van der Waals surface area contributed by atoms with Gasteiger partial charge in [-0.25, -0.2) is 0 Å². The van der Waals surface area contributed by atoms with E-state index < -0.39 is 0 Å². The van der Waals surface area contributed by atoms with Crippen LogP contribution in [-0.2, 0) is 0 Å². The summed E-state index contributed by atoms with van der Waals surface area (Å²) in [7, 11) is 4.47. The fourth-order valence-corrected chi connectivity index (χ4v) is 1.76. The molecule has 1 atom stereocenters. The zero-order chi connectivity index (χ0) is 15.1. The molecule has 1 rings (SSSR count). The maximum atomic E-state index is 12.1. The number of ether oxygens (including phenoxy) is 3. The highest BCUT2D eigenvalue weighted by atomic mass is 16.5. The van der Waals surface area contributed by atoms with Crippen LogP contribution in [-0.4, -0.2) is 45.0 Å². The van der Waals surface area contributed by atoms with Crippen molar-refractivity contribution in [1.82, 2.24) is 5.32 Å². The maximum absolute atomic E-state index is 12.1. The molecule has 0 unspecified atom stereocenters. The second-order valence-corrected chi connectivity index (χ2v) is 4.18. The van der Waals surface area contributed by atoms with E-state index in [2.05, 4.69) is 5.32 Å². The number of hydrogen-bond acceptors (Lipinski definition) is 5.